The van der Waals surface area contributed by atoms with Crippen molar-refractivity contribution in [2.45, 2.75) is 4.90 Å². The molecule has 0 atom stereocenters. The molecule has 0 saturated carbocycles. The number of phenols is 1. The van der Waals surface area contributed by atoms with Crippen LogP contribution in [0.3, 0.4) is 0 Å². The summed E-state index contributed by atoms with van der Waals surface area (Å²) in [5, 5.41) is 13.7. The van der Waals surface area contributed by atoms with Crippen molar-refractivity contribution in [1.29, 1.82) is 0 Å². The van der Waals surface area contributed by atoms with Gasteiger partial charge in [-0.05, 0) is 30.3 Å². The fourth-order valence-electron chi connectivity index (χ4n) is 2.19. The molecule has 0 aliphatic heterocycles. The lowest BCUT2D eigenvalue weighted by molar-refractivity contribution is 0.0997. The van der Waals surface area contributed by atoms with Gasteiger partial charge in [0.1, 0.15) is 5.75 Å². The highest BCUT2D eigenvalue weighted by Crippen LogP contribution is 2.23. The first-order valence-corrected chi connectivity index (χ1v) is 8.61. The number of sulfonamides is 1. The molecule has 1 aromatic heterocycles. The van der Waals surface area contributed by atoms with Gasteiger partial charge in [0.15, 0.2) is 0 Å². The van der Waals surface area contributed by atoms with E-state index >= 15 is 0 Å². The molecule has 128 valence electrons. The Hall–Kier alpha value is -3.33. The summed E-state index contributed by atoms with van der Waals surface area (Å²) < 4.78 is 28.8. The Labute approximate surface area is 143 Å². The van der Waals surface area contributed by atoms with Crippen LogP contribution in [0.25, 0.3) is 5.69 Å². The molecule has 1 heterocycles. The molecule has 2 aromatic carbocycles. The molecular weight excluding hydrogens is 344 g/mol. The molecule has 0 fully saturated rings. The number of anilines is 1. The lowest BCUT2D eigenvalue weighted by Crippen LogP contribution is -2.15. The highest BCUT2D eigenvalue weighted by molar-refractivity contribution is 7.92. The fourth-order valence-corrected chi connectivity index (χ4v) is 3.24. The number of nitrogens with two attached hydrogens (primary N) is 1. The molecule has 0 spiro atoms. The Morgan fingerprint density at radius 2 is 1.88 bits per heavy atom. The van der Waals surface area contributed by atoms with Crippen molar-refractivity contribution < 1.29 is 18.3 Å². The van der Waals surface area contributed by atoms with E-state index in [0.29, 0.717) is 0 Å². The summed E-state index contributed by atoms with van der Waals surface area (Å²) in [5.41, 5.74) is 5.86. The number of primary amides is 1. The molecule has 0 aliphatic carbocycles. The molecule has 0 saturated heterocycles. The van der Waals surface area contributed by atoms with E-state index in [4.69, 9.17) is 5.73 Å². The van der Waals surface area contributed by atoms with Crippen LogP contribution in [0.15, 0.2) is 65.8 Å². The SMILES string of the molecule is NC(=O)c1cc(S(=O)(=O)Nc2cnn(-c3ccccc3)c2)ccc1O. The molecule has 4 N–H and O–H groups in total. The summed E-state index contributed by atoms with van der Waals surface area (Å²) in [6.07, 6.45) is 2.88. The monoisotopic (exact) mass is 358 g/mol. The van der Waals surface area contributed by atoms with E-state index < -0.39 is 15.9 Å². The molecule has 3 aromatic rings. The number of carbonyl (C=O) groups is 1. The van der Waals surface area contributed by atoms with Crippen molar-refractivity contribution in [3.05, 3.63) is 66.5 Å². The number of hydrogen-bond donors (Lipinski definition) is 3. The van der Waals surface area contributed by atoms with E-state index in [1.165, 1.54) is 23.1 Å². The van der Waals surface area contributed by atoms with Crippen LogP contribution in [-0.4, -0.2) is 29.2 Å². The Balaban J connectivity index is 1.89. The number of hydrogen-bond acceptors (Lipinski definition) is 5. The third kappa shape index (κ3) is 3.45. The van der Waals surface area contributed by atoms with Gasteiger partial charge in [0.25, 0.3) is 15.9 Å². The number of para-hydroxylation sites is 1. The van der Waals surface area contributed by atoms with Crippen LogP contribution in [0, 0.1) is 0 Å². The summed E-state index contributed by atoms with van der Waals surface area (Å²) in [4.78, 5) is 11.1. The lowest BCUT2D eigenvalue weighted by atomic mass is 10.2. The molecule has 25 heavy (non-hydrogen) atoms. The zero-order valence-corrected chi connectivity index (χ0v) is 13.6. The van der Waals surface area contributed by atoms with Gasteiger partial charge in [-0.2, -0.15) is 5.10 Å². The molecule has 1 amide bonds. The largest absolute Gasteiger partial charge is 0.507 e. The number of rotatable bonds is 5. The highest BCUT2D eigenvalue weighted by Gasteiger charge is 2.19. The van der Waals surface area contributed by atoms with Crippen molar-refractivity contribution in [2.24, 2.45) is 5.73 Å². The zero-order valence-electron chi connectivity index (χ0n) is 12.8. The summed E-state index contributed by atoms with van der Waals surface area (Å²) >= 11 is 0. The summed E-state index contributed by atoms with van der Waals surface area (Å²) in [7, 11) is -3.98. The van der Waals surface area contributed by atoms with Crippen molar-refractivity contribution >= 4 is 21.6 Å². The lowest BCUT2D eigenvalue weighted by Gasteiger charge is -2.08. The van der Waals surface area contributed by atoms with Gasteiger partial charge in [-0.15, -0.1) is 0 Å². The predicted molar refractivity (Wildman–Crippen MR) is 91.0 cm³/mol. The number of nitrogens with one attached hydrogen (secondary N) is 1. The van der Waals surface area contributed by atoms with Crippen LogP contribution >= 0.6 is 0 Å². The number of nitrogens with zero attached hydrogens (tertiary/aromatic N) is 2. The molecule has 0 bridgehead atoms. The first-order chi connectivity index (χ1) is 11.9. The third-order valence-corrected chi connectivity index (χ3v) is 4.78. The van der Waals surface area contributed by atoms with Crippen LogP contribution in [0.2, 0.25) is 0 Å². The molecule has 9 heteroatoms. The average molecular weight is 358 g/mol. The van der Waals surface area contributed by atoms with E-state index in [2.05, 4.69) is 9.82 Å². The topological polar surface area (TPSA) is 127 Å². The normalized spacial score (nSPS) is 11.2. The third-order valence-electron chi connectivity index (χ3n) is 3.40. The second kappa shape index (κ2) is 6.29. The number of benzene rings is 2. The first kappa shape index (κ1) is 16.5. The molecular formula is C16H14N4O4S. The molecule has 0 aliphatic rings. The maximum Gasteiger partial charge on any atom is 0.262 e. The summed E-state index contributed by atoms with van der Waals surface area (Å²) in [5.74, 6) is -1.31. The number of carbonyl (C=O) groups excluding carboxylic acids is 1. The van der Waals surface area contributed by atoms with E-state index in [1.54, 1.807) is 0 Å². The summed E-state index contributed by atoms with van der Waals surface area (Å²) in [6, 6.07) is 12.5. The van der Waals surface area contributed by atoms with Crippen LogP contribution in [-0.2, 0) is 10.0 Å². The Bertz CT molecular complexity index is 1030. The molecule has 8 nitrogen and oxygen atoms in total. The number of aromatic hydroxyl groups is 1. The van der Waals surface area contributed by atoms with Gasteiger partial charge in [0.2, 0.25) is 0 Å². The van der Waals surface area contributed by atoms with Crippen LogP contribution in [0.4, 0.5) is 5.69 Å². The van der Waals surface area contributed by atoms with Gasteiger partial charge in [-0.25, -0.2) is 13.1 Å². The minimum absolute atomic E-state index is 0.202. The van der Waals surface area contributed by atoms with Gasteiger partial charge in [-0.3, -0.25) is 9.52 Å². The van der Waals surface area contributed by atoms with Crippen molar-refractivity contribution in [2.75, 3.05) is 4.72 Å². The van der Waals surface area contributed by atoms with E-state index in [1.807, 2.05) is 30.3 Å². The predicted octanol–water partition coefficient (Wildman–Crippen LogP) is 1.48. The van der Waals surface area contributed by atoms with Crippen LogP contribution in [0.1, 0.15) is 10.4 Å². The maximum atomic E-state index is 12.5. The van der Waals surface area contributed by atoms with Gasteiger partial charge < -0.3 is 10.8 Å². The minimum Gasteiger partial charge on any atom is -0.507 e. The number of aromatic nitrogens is 2. The maximum absolute atomic E-state index is 12.5. The molecule has 0 radical (unpaired) electrons. The first-order valence-electron chi connectivity index (χ1n) is 7.12. The van der Waals surface area contributed by atoms with E-state index in [0.717, 1.165) is 17.8 Å². The van der Waals surface area contributed by atoms with Gasteiger partial charge in [0, 0.05) is 0 Å². The Morgan fingerprint density at radius 3 is 2.56 bits per heavy atom. The van der Waals surface area contributed by atoms with Gasteiger partial charge >= 0.3 is 0 Å². The number of amides is 1. The summed E-state index contributed by atoms with van der Waals surface area (Å²) in [6.45, 7) is 0. The van der Waals surface area contributed by atoms with Crippen LogP contribution < -0.4 is 10.5 Å². The van der Waals surface area contributed by atoms with E-state index in [9.17, 15) is 18.3 Å². The highest BCUT2D eigenvalue weighted by atomic mass is 32.2. The zero-order chi connectivity index (χ0) is 18.0. The smallest absolute Gasteiger partial charge is 0.262 e. The fraction of sp³-hybridized carbons (Fsp3) is 0. The second-order valence-corrected chi connectivity index (χ2v) is 6.84. The van der Waals surface area contributed by atoms with Crippen LogP contribution in [0.5, 0.6) is 5.75 Å². The Morgan fingerprint density at radius 1 is 1.16 bits per heavy atom. The minimum atomic E-state index is -3.98. The van der Waals surface area contributed by atoms with Gasteiger partial charge in [0.05, 0.1) is 34.2 Å². The van der Waals surface area contributed by atoms with Gasteiger partial charge in [-0.1, -0.05) is 18.2 Å². The molecule has 0 unspecified atom stereocenters. The average Bonchev–Trinajstić information content (AvgIpc) is 3.03. The Kier molecular flexibility index (Phi) is 4.15. The van der Waals surface area contributed by atoms with Crippen molar-refractivity contribution in [3.8, 4) is 11.4 Å². The second-order valence-electron chi connectivity index (χ2n) is 5.16. The standard InChI is InChI=1S/C16H14N4O4S/c17-16(22)14-8-13(6-7-15(14)21)25(23,24)19-11-9-18-20(10-11)12-4-2-1-3-5-12/h1-10,19,21H,(H2,17,22). The molecule has 3 rings (SSSR count). The van der Waals surface area contributed by atoms with Crippen molar-refractivity contribution in [3.63, 3.8) is 0 Å². The van der Waals surface area contributed by atoms with Crippen molar-refractivity contribution in [1.82, 2.24) is 9.78 Å². The quantitative estimate of drug-likeness (QED) is 0.636. The van der Waals surface area contributed by atoms with E-state index in [-0.39, 0.29) is 21.9 Å².